The first-order chi connectivity index (χ1) is 22.6. The molecule has 3 rings (SSSR count). The van der Waals surface area contributed by atoms with Gasteiger partial charge in [-0.1, -0.05) is 94.0 Å². The molecule has 0 bridgehead atoms. The van der Waals surface area contributed by atoms with Crippen molar-refractivity contribution >= 4 is 11.7 Å². The predicted molar refractivity (Wildman–Crippen MR) is 185 cm³/mol. The maximum absolute atomic E-state index is 12.8. The lowest BCUT2D eigenvalue weighted by molar-refractivity contribution is 0.0723. The van der Waals surface area contributed by atoms with Crippen LogP contribution in [0.25, 0.3) is 0 Å². The van der Waals surface area contributed by atoms with E-state index in [1.54, 1.807) is 18.2 Å². The molecule has 0 spiro atoms. The maximum Gasteiger partial charge on any atom is 0.347 e. The lowest BCUT2D eigenvalue weighted by Gasteiger charge is -2.15. The number of allylic oxidation sites excluding steroid dienone is 4. The summed E-state index contributed by atoms with van der Waals surface area (Å²) in [5.41, 5.74) is 0.698. The Kier molecular flexibility index (Phi) is 17.4. The van der Waals surface area contributed by atoms with Crippen molar-refractivity contribution in [3.63, 3.8) is 0 Å². The summed E-state index contributed by atoms with van der Waals surface area (Å²) in [5, 5.41) is 23.3. The zero-order chi connectivity index (χ0) is 32.7. The third kappa shape index (κ3) is 14.1. The molecule has 0 atom stereocenters. The van der Waals surface area contributed by atoms with Crippen molar-refractivity contribution in [3.8, 4) is 28.7 Å². The van der Waals surface area contributed by atoms with E-state index in [4.69, 9.17) is 14.2 Å². The normalized spacial score (nSPS) is 11.2. The number of hydrogen-bond acceptors (Lipinski definition) is 7. The van der Waals surface area contributed by atoms with Crippen molar-refractivity contribution in [2.45, 2.75) is 84.0 Å². The molecule has 0 unspecified atom stereocenters. The quantitative estimate of drug-likeness (QED) is 0.0316. The molecular weight excluding hydrogens is 578 g/mol. The second-order valence-electron chi connectivity index (χ2n) is 11.2. The Hall–Kier alpha value is -4.39. The van der Waals surface area contributed by atoms with E-state index < -0.39 is 17.5 Å². The minimum absolute atomic E-state index is 0.145. The number of nitrogens with one attached hydrogen (secondary N) is 1. The molecule has 3 aromatic rings. The van der Waals surface area contributed by atoms with Gasteiger partial charge >= 0.3 is 5.97 Å². The Morgan fingerprint density at radius 1 is 0.783 bits per heavy atom. The zero-order valence-corrected chi connectivity index (χ0v) is 27.2. The van der Waals surface area contributed by atoms with E-state index in [1.165, 1.54) is 69.6 Å². The number of unbranched alkanes of at least 4 members (excludes halogenated alkanes) is 9. The zero-order valence-electron chi connectivity index (χ0n) is 27.2. The Labute approximate surface area is 274 Å². The van der Waals surface area contributed by atoms with E-state index in [0.717, 1.165) is 37.9 Å². The number of carbonyl (C=O) groups excluding carboxylic acids is 1. The summed E-state index contributed by atoms with van der Waals surface area (Å²) in [6.07, 6.45) is 23.7. The first kappa shape index (κ1) is 36.1. The second-order valence-corrected chi connectivity index (χ2v) is 11.2. The van der Waals surface area contributed by atoms with E-state index >= 15 is 0 Å². The summed E-state index contributed by atoms with van der Waals surface area (Å²) >= 11 is 0. The molecule has 1 radical (unpaired) electrons. The van der Waals surface area contributed by atoms with Crippen LogP contribution in [0, 0.1) is 6.07 Å². The van der Waals surface area contributed by atoms with Gasteiger partial charge in [0.15, 0.2) is 23.0 Å². The van der Waals surface area contributed by atoms with Gasteiger partial charge in [0.05, 0.1) is 0 Å². The molecule has 0 aromatic heterocycles. The topological polar surface area (TPSA) is 97.3 Å². The summed E-state index contributed by atoms with van der Waals surface area (Å²) in [5.74, 6) is -0.580. The number of anilines is 1. The fourth-order valence-electron chi connectivity index (χ4n) is 4.78. The van der Waals surface area contributed by atoms with Gasteiger partial charge in [0.2, 0.25) is 0 Å². The molecule has 0 saturated carbocycles. The molecule has 0 aliphatic carbocycles. The van der Waals surface area contributed by atoms with E-state index in [2.05, 4.69) is 42.6 Å². The highest BCUT2D eigenvalue weighted by molar-refractivity contribution is 5.95. The fourth-order valence-corrected chi connectivity index (χ4v) is 4.78. The number of aromatic hydroxyl groups is 2. The molecule has 3 N–H and O–H groups in total. The SMILES string of the molecule is CCCCC/C=C\C/C=C\CCCCCCCCNc1ccc(OC(=O)c2cccc(O)c2O)c(OCCOc2[c]cccc2)c1. The molecule has 247 valence electrons. The van der Waals surface area contributed by atoms with E-state index in [0.29, 0.717) is 11.5 Å². The highest BCUT2D eigenvalue weighted by atomic mass is 16.6. The van der Waals surface area contributed by atoms with Crippen LogP contribution in [-0.4, -0.2) is 35.9 Å². The van der Waals surface area contributed by atoms with Gasteiger partial charge < -0.3 is 29.7 Å². The van der Waals surface area contributed by atoms with Crippen LogP contribution < -0.4 is 19.5 Å². The average Bonchev–Trinajstić information content (AvgIpc) is 3.07. The van der Waals surface area contributed by atoms with Gasteiger partial charge in [-0.05, 0) is 68.9 Å². The molecule has 0 saturated heterocycles. The van der Waals surface area contributed by atoms with Gasteiger partial charge in [-0.25, -0.2) is 4.79 Å². The molecule has 0 fully saturated rings. The molecule has 0 amide bonds. The van der Waals surface area contributed by atoms with Crippen LogP contribution in [0.4, 0.5) is 5.69 Å². The number of esters is 1. The van der Waals surface area contributed by atoms with Crippen molar-refractivity contribution in [3.05, 3.63) is 96.6 Å². The number of carbonyl (C=O) groups is 1. The van der Waals surface area contributed by atoms with Crippen LogP contribution in [0.3, 0.4) is 0 Å². The first-order valence-corrected chi connectivity index (χ1v) is 16.7. The summed E-state index contributed by atoms with van der Waals surface area (Å²) in [7, 11) is 0. The summed E-state index contributed by atoms with van der Waals surface area (Å²) in [6, 6.07) is 19.7. The van der Waals surface area contributed by atoms with Crippen molar-refractivity contribution in [1.82, 2.24) is 0 Å². The Balaban J connectivity index is 1.39. The molecule has 0 aliphatic rings. The number of benzene rings is 3. The van der Waals surface area contributed by atoms with Crippen molar-refractivity contribution in [1.29, 1.82) is 0 Å². The van der Waals surface area contributed by atoms with E-state index in [-0.39, 0.29) is 24.5 Å². The summed E-state index contributed by atoms with van der Waals surface area (Å²) in [6.45, 7) is 3.53. The number of phenolic OH excluding ortho intramolecular Hbond substituents is 2. The van der Waals surface area contributed by atoms with Crippen LogP contribution in [-0.2, 0) is 0 Å². The molecule has 0 heterocycles. The number of para-hydroxylation sites is 2. The smallest absolute Gasteiger partial charge is 0.347 e. The largest absolute Gasteiger partial charge is 0.504 e. The van der Waals surface area contributed by atoms with Crippen LogP contribution in [0.5, 0.6) is 28.7 Å². The van der Waals surface area contributed by atoms with Crippen molar-refractivity contribution < 1.29 is 29.2 Å². The highest BCUT2D eigenvalue weighted by Gasteiger charge is 2.18. The third-order valence-electron chi connectivity index (χ3n) is 7.37. The minimum Gasteiger partial charge on any atom is -0.504 e. The van der Waals surface area contributed by atoms with Gasteiger partial charge in [-0.3, -0.25) is 0 Å². The van der Waals surface area contributed by atoms with E-state index in [9.17, 15) is 15.0 Å². The maximum atomic E-state index is 12.8. The average molecular weight is 629 g/mol. The monoisotopic (exact) mass is 628 g/mol. The minimum atomic E-state index is -0.810. The van der Waals surface area contributed by atoms with Gasteiger partial charge in [-0.15, -0.1) is 0 Å². The fraction of sp³-hybridized carbons (Fsp3) is 0.410. The molecular formula is C39H50NO6. The Bertz CT molecular complexity index is 1340. The van der Waals surface area contributed by atoms with E-state index in [1.807, 2.05) is 24.3 Å². The Morgan fingerprint density at radius 3 is 2.28 bits per heavy atom. The lowest BCUT2D eigenvalue weighted by atomic mass is 10.1. The highest BCUT2D eigenvalue weighted by Crippen LogP contribution is 2.34. The van der Waals surface area contributed by atoms with Crippen molar-refractivity contribution in [2.75, 3.05) is 25.1 Å². The standard InChI is InChI=1S/C39H50NO6/c1-2-3-4-5-6-7-8-9-10-11-12-13-14-15-16-20-28-40-32-26-27-36(46-39(43)34-24-21-25-35(41)38(34)42)37(31-32)45-30-29-44-33-22-18-17-19-23-33/h6-7,9-10,17-19,21-22,24-27,31,40-42H,2-5,8,11-16,20,28-30H2,1H3/b7-6-,10-9-. The van der Waals surface area contributed by atoms with Crippen molar-refractivity contribution in [2.24, 2.45) is 0 Å². The molecule has 7 nitrogen and oxygen atoms in total. The first-order valence-electron chi connectivity index (χ1n) is 16.7. The Morgan fingerprint density at radius 2 is 1.52 bits per heavy atom. The number of phenols is 2. The number of ether oxygens (including phenoxy) is 3. The van der Waals surface area contributed by atoms with Gasteiger partial charge in [0, 0.05) is 24.4 Å². The second kappa shape index (κ2) is 22.2. The predicted octanol–water partition coefficient (Wildman–Crippen LogP) is 9.80. The van der Waals surface area contributed by atoms with Gasteiger partial charge in [-0.2, -0.15) is 0 Å². The molecule has 7 heteroatoms. The molecule has 0 aliphatic heterocycles. The summed E-state index contributed by atoms with van der Waals surface area (Å²) < 4.78 is 17.2. The van der Waals surface area contributed by atoms with Crippen LogP contribution >= 0.6 is 0 Å². The third-order valence-corrected chi connectivity index (χ3v) is 7.37. The molecule has 3 aromatic carbocycles. The summed E-state index contributed by atoms with van der Waals surface area (Å²) in [4.78, 5) is 12.8. The lowest BCUT2D eigenvalue weighted by Crippen LogP contribution is -2.13. The molecule has 46 heavy (non-hydrogen) atoms. The number of hydrogen-bond donors (Lipinski definition) is 3. The number of rotatable bonds is 23. The van der Waals surface area contributed by atoms with Crippen LogP contribution in [0.1, 0.15) is 94.3 Å². The van der Waals surface area contributed by atoms with Crippen LogP contribution in [0.15, 0.2) is 85.0 Å². The van der Waals surface area contributed by atoms with Crippen LogP contribution in [0.2, 0.25) is 0 Å². The van der Waals surface area contributed by atoms with Gasteiger partial charge in [0.25, 0.3) is 0 Å². The van der Waals surface area contributed by atoms with Gasteiger partial charge in [0.1, 0.15) is 24.5 Å².